The van der Waals surface area contributed by atoms with Gasteiger partial charge < -0.3 is 5.11 Å². The fourth-order valence-electron chi connectivity index (χ4n) is 2.29. The number of aromatic nitrogens is 1. The lowest BCUT2D eigenvalue weighted by Crippen LogP contribution is -2.48. The van der Waals surface area contributed by atoms with Crippen LogP contribution in [0.3, 0.4) is 0 Å². The van der Waals surface area contributed by atoms with E-state index < -0.39 is 12.7 Å². The van der Waals surface area contributed by atoms with Gasteiger partial charge in [-0.15, -0.1) is 0 Å². The highest BCUT2D eigenvalue weighted by atomic mass is 19.4. The van der Waals surface area contributed by atoms with Gasteiger partial charge >= 0.3 is 6.18 Å². The molecule has 0 aromatic carbocycles. The second-order valence-electron chi connectivity index (χ2n) is 5.09. The standard InChI is InChI=1S/C13H18F3N3O/c1-10-2-3-12(20)11(17-10)8-18-4-6-19(7-5-18)9-13(14,15)16/h2-3,20H,4-9H2,1H3. The summed E-state index contributed by atoms with van der Waals surface area (Å²) in [6, 6.07) is 3.32. The lowest BCUT2D eigenvalue weighted by molar-refractivity contribution is -0.149. The topological polar surface area (TPSA) is 39.6 Å². The summed E-state index contributed by atoms with van der Waals surface area (Å²) in [4.78, 5) is 7.67. The quantitative estimate of drug-likeness (QED) is 0.920. The zero-order chi connectivity index (χ0) is 14.8. The van der Waals surface area contributed by atoms with Gasteiger partial charge in [0, 0.05) is 38.4 Å². The summed E-state index contributed by atoms with van der Waals surface area (Å²) in [5.74, 6) is 0.133. The molecule has 1 saturated heterocycles. The van der Waals surface area contributed by atoms with E-state index in [1.807, 2.05) is 11.8 Å². The van der Waals surface area contributed by atoms with Crippen molar-refractivity contribution in [1.82, 2.24) is 14.8 Å². The minimum atomic E-state index is -4.14. The Kier molecular flexibility index (Phi) is 4.49. The normalized spacial score (nSPS) is 18.4. The van der Waals surface area contributed by atoms with Gasteiger partial charge in [0.1, 0.15) is 5.75 Å². The van der Waals surface area contributed by atoms with Crippen molar-refractivity contribution < 1.29 is 18.3 Å². The molecule has 0 radical (unpaired) electrons. The van der Waals surface area contributed by atoms with Crippen molar-refractivity contribution in [3.63, 3.8) is 0 Å². The molecule has 1 aliphatic rings. The molecule has 0 spiro atoms. The number of aromatic hydroxyl groups is 1. The highest BCUT2D eigenvalue weighted by Crippen LogP contribution is 2.20. The molecule has 7 heteroatoms. The fraction of sp³-hybridized carbons (Fsp3) is 0.615. The number of hydrogen-bond donors (Lipinski definition) is 1. The first-order valence-corrected chi connectivity index (χ1v) is 6.50. The van der Waals surface area contributed by atoms with Crippen LogP contribution in [-0.4, -0.2) is 58.8 Å². The van der Waals surface area contributed by atoms with Crippen LogP contribution < -0.4 is 0 Å². The lowest BCUT2D eigenvalue weighted by atomic mass is 10.2. The Labute approximate surface area is 115 Å². The maximum Gasteiger partial charge on any atom is 0.401 e. The van der Waals surface area contributed by atoms with Gasteiger partial charge in [-0.3, -0.25) is 14.8 Å². The molecule has 1 aliphatic heterocycles. The second-order valence-corrected chi connectivity index (χ2v) is 5.09. The Bertz CT molecular complexity index is 457. The summed E-state index contributed by atoms with van der Waals surface area (Å²) in [5, 5.41) is 9.72. The molecule has 2 rings (SSSR count). The van der Waals surface area contributed by atoms with Crippen LogP contribution in [0.15, 0.2) is 12.1 Å². The number of pyridine rings is 1. The van der Waals surface area contributed by atoms with Crippen molar-refractivity contribution in [2.24, 2.45) is 0 Å². The first-order chi connectivity index (χ1) is 9.33. The van der Waals surface area contributed by atoms with E-state index in [9.17, 15) is 18.3 Å². The molecule has 1 fully saturated rings. The summed E-state index contributed by atoms with van der Waals surface area (Å²) in [6.07, 6.45) is -4.14. The Balaban J connectivity index is 1.87. The predicted molar refractivity (Wildman–Crippen MR) is 68.4 cm³/mol. The average Bonchev–Trinajstić information content (AvgIpc) is 2.34. The van der Waals surface area contributed by atoms with Crippen molar-refractivity contribution in [3.05, 3.63) is 23.5 Å². The van der Waals surface area contributed by atoms with Crippen LogP contribution in [0.25, 0.3) is 0 Å². The first kappa shape index (κ1) is 15.1. The first-order valence-electron chi connectivity index (χ1n) is 6.50. The minimum Gasteiger partial charge on any atom is -0.506 e. The SMILES string of the molecule is Cc1ccc(O)c(CN2CCN(CC(F)(F)F)CC2)n1. The van der Waals surface area contributed by atoms with E-state index in [4.69, 9.17) is 0 Å². The monoisotopic (exact) mass is 289 g/mol. The third-order valence-corrected chi connectivity index (χ3v) is 3.33. The van der Waals surface area contributed by atoms with Gasteiger partial charge in [0.2, 0.25) is 0 Å². The molecule has 0 unspecified atom stereocenters. The summed E-state index contributed by atoms with van der Waals surface area (Å²) in [6.45, 7) is 3.31. The van der Waals surface area contributed by atoms with Crippen LogP contribution in [0.4, 0.5) is 13.2 Å². The molecular formula is C13H18F3N3O. The van der Waals surface area contributed by atoms with Crippen LogP contribution in [0, 0.1) is 6.92 Å². The zero-order valence-electron chi connectivity index (χ0n) is 11.3. The molecule has 112 valence electrons. The van der Waals surface area contributed by atoms with E-state index in [0.717, 1.165) is 5.69 Å². The summed E-state index contributed by atoms with van der Waals surface area (Å²) in [5.41, 5.74) is 1.39. The Hall–Kier alpha value is -1.34. The minimum absolute atomic E-state index is 0.133. The number of hydrogen-bond acceptors (Lipinski definition) is 4. The summed E-state index contributed by atoms with van der Waals surface area (Å²) >= 11 is 0. The molecule has 0 amide bonds. The maximum absolute atomic E-state index is 12.3. The van der Waals surface area contributed by atoms with E-state index in [0.29, 0.717) is 38.4 Å². The molecule has 0 saturated carbocycles. The number of nitrogens with zero attached hydrogens (tertiary/aromatic N) is 3. The fourth-order valence-corrected chi connectivity index (χ4v) is 2.29. The highest BCUT2D eigenvalue weighted by Gasteiger charge is 2.32. The summed E-state index contributed by atoms with van der Waals surface area (Å²) < 4.78 is 36.8. The molecule has 0 aliphatic carbocycles. The lowest BCUT2D eigenvalue weighted by Gasteiger charge is -2.34. The molecule has 4 nitrogen and oxygen atoms in total. The van der Waals surface area contributed by atoms with Crippen molar-refractivity contribution in [1.29, 1.82) is 0 Å². The van der Waals surface area contributed by atoms with Crippen molar-refractivity contribution >= 4 is 0 Å². The molecule has 1 aromatic heterocycles. The second kappa shape index (κ2) is 5.97. The van der Waals surface area contributed by atoms with Gasteiger partial charge in [0.05, 0.1) is 12.2 Å². The van der Waals surface area contributed by atoms with E-state index in [-0.39, 0.29) is 5.75 Å². The molecule has 20 heavy (non-hydrogen) atoms. The number of piperazine rings is 1. The van der Waals surface area contributed by atoms with Gasteiger partial charge in [0.25, 0.3) is 0 Å². The third-order valence-electron chi connectivity index (χ3n) is 3.33. The van der Waals surface area contributed by atoms with Crippen LogP contribution in [0.2, 0.25) is 0 Å². The third kappa shape index (κ3) is 4.35. The van der Waals surface area contributed by atoms with E-state index in [1.165, 1.54) is 4.90 Å². The van der Waals surface area contributed by atoms with Gasteiger partial charge in [-0.2, -0.15) is 13.2 Å². The molecular weight excluding hydrogens is 271 g/mol. The van der Waals surface area contributed by atoms with Crippen molar-refractivity contribution in [3.8, 4) is 5.75 Å². The Morgan fingerprint density at radius 3 is 2.35 bits per heavy atom. The number of aryl methyl sites for hydroxylation is 1. The largest absolute Gasteiger partial charge is 0.506 e. The number of rotatable bonds is 3. The molecule has 1 N–H and O–H groups in total. The van der Waals surface area contributed by atoms with Gasteiger partial charge in [-0.25, -0.2) is 0 Å². The summed E-state index contributed by atoms with van der Waals surface area (Å²) in [7, 11) is 0. The smallest absolute Gasteiger partial charge is 0.401 e. The zero-order valence-corrected chi connectivity index (χ0v) is 11.3. The van der Waals surface area contributed by atoms with Crippen LogP contribution in [0.1, 0.15) is 11.4 Å². The number of halogens is 3. The van der Waals surface area contributed by atoms with Crippen LogP contribution >= 0.6 is 0 Å². The molecule has 0 atom stereocenters. The van der Waals surface area contributed by atoms with E-state index >= 15 is 0 Å². The number of alkyl halides is 3. The van der Waals surface area contributed by atoms with Gasteiger partial charge in [-0.1, -0.05) is 0 Å². The van der Waals surface area contributed by atoms with Crippen LogP contribution in [-0.2, 0) is 6.54 Å². The van der Waals surface area contributed by atoms with E-state index in [2.05, 4.69) is 4.98 Å². The van der Waals surface area contributed by atoms with E-state index in [1.54, 1.807) is 12.1 Å². The highest BCUT2D eigenvalue weighted by molar-refractivity contribution is 5.27. The van der Waals surface area contributed by atoms with Crippen molar-refractivity contribution in [2.75, 3.05) is 32.7 Å². The molecule has 0 bridgehead atoms. The Morgan fingerprint density at radius 1 is 1.15 bits per heavy atom. The Morgan fingerprint density at radius 2 is 1.75 bits per heavy atom. The molecule has 2 heterocycles. The van der Waals surface area contributed by atoms with Gasteiger partial charge in [-0.05, 0) is 19.1 Å². The van der Waals surface area contributed by atoms with Gasteiger partial charge in [0.15, 0.2) is 0 Å². The average molecular weight is 289 g/mol. The predicted octanol–water partition coefficient (Wildman–Crippen LogP) is 1.78. The maximum atomic E-state index is 12.3. The molecule has 1 aromatic rings. The van der Waals surface area contributed by atoms with Crippen LogP contribution in [0.5, 0.6) is 5.75 Å². The van der Waals surface area contributed by atoms with Crippen molar-refractivity contribution in [2.45, 2.75) is 19.6 Å².